The van der Waals surface area contributed by atoms with Crippen molar-refractivity contribution in [1.29, 1.82) is 0 Å². The van der Waals surface area contributed by atoms with E-state index in [4.69, 9.17) is 18.8 Å². The number of likely N-dealkylation sites (N-methyl/N-ethyl adjacent to an activating group) is 1. The second kappa shape index (κ2) is 19.3. The van der Waals surface area contributed by atoms with Crippen molar-refractivity contribution in [2.24, 2.45) is 11.3 Å². The van der Waals surface area contributed by atoms with Gasteiger partial charge in [-0.2, -0.15) is 4.37 Å². The predicted octanol–water partition coefficient (Wildman–Crippen LogP) is 5.64. The molecule has 0 spiro atoms. The van der Waals surface area contributed by atoms with Crippen LogP contribution in [0.3, 0.4) is 0 Å². The van der Waals surface area contributed by atoms with Crippen LogP contribution in [0.5, 0.6) is 0 Å². The molecule has 3 aliphatic rings. The number of ether oxygens (including phenoxy) is 2. The number of nitroso groups, excluding NO2 is 1. The molecule has 1 aromatic carbocycles. The summed E-state index contributed by atoms with van der Waals surface area (Å²) in [5.41, 5.74) is 9.19. The summed E-state index contributed by atoms with van der Waals surface area (Å²) >= 11 is 1.32. The smallest absolute Gasteiger partial charge is 0.324 e. The van der Waals surface area contributed by atoms with Gasteiger partial charge in [-0.1, -0.05) is 40.3 Å². The Morgan fingerprint density at radius 1 is 1.17 bits per heavy atom. The van der Waals surface area contributed by atoms with Crippen molar-refractivity contribution in [3.63, 3.8) is 0 Å². The lowest BCUT2D eigenvalue weighted by Gasteiger charge is -2.36. The number of nitrogens with one attached hydrogen (secondary N) is 2. The molecule has 3 amide bonds. The molecule has 16 nitrogen and oxygen atoms in total. The monoisotopic (exact) mass is 896 g/mol. The summed E-state index contributed by atoms with van der Waals surface area (Å²) in [7, 11) is 3.25. The van der Waals surface area contributed by atoms with E-state index in [9.17, 15) is 24.1 Å². The maximum atomic E-state index is 14.6. The van der Waals surface area contributed by atoms with E-state index in [1.807, 2.05) is 32.9 Å². The van der Waals surface area contributed by atoms with Gasteiger partial charge in [-0.25, -0.2) is 5.43 Å². The first-order valence-corrected chi connectivity index (χ1v) is 23.1. The molecule has 2 N–H and O–H groups in total. The van der Waals surface area contributed by atoms with Gasteiger partial charge in [0.2, 0.25) is 11.8 Å². The lowest BCUT2D eigenvalue weighted by Crippen LogP contribution is -2.62. The SMILES string of the molecule is C=CC(=O)N1CC[C@H]([N+](=O)N(C)[C@H](C(=O)N[C@H]2Cc3cc(sn3)-c3ccc4c(c3)c(c(-c3cccnc3[C@H](C)OC)n4CC)CC(C)(C)COC(=O)[C@@H]3CCCN(N3)C2=O)C(C)C)C1. The van der Waals surface area contributed by atoms with Crippen LogP contribution in [0, 0.1) is 16.2 Å². The molecule has 3 aliphatic heterocycles. The Morgan fingerprint density at radius 2 is 1.95 bits per heavy atom. The normalized spacial score (nSPS) is 21.3. The number of pyridine rings is 1. The third kappa shape index (κ3) is 9.47. The van der Waals surface area contributed by atoms with Crippen LogP contribution in [0.4, 0.5) is 0 Å². The number of benzene rings is 1. The van der Waals surface area contributed by atoms with Gasteiger partial charge in [0, 0.05) is 67.7 Å². The highest BCUT2D eigenvalue weighted by molar-refractivity contribution is 7.09. The van der Waals surface area contributed by atoms with Crippen molar-refractivity contribution in [3.8, 4) is 21.7 Å². The number of nitrogens with zero attached hydrogens (tertiary/aromatic N) is 7. The number of methoxy groups -OCH3 is 1. The Bertz CT molecular complexity index is 2430. The molecule has 7 rings (SSSR count). The summed E-state index contributed by atoms with van der Waals surface area (Å²) in [4.78, 5) is 76.9. The highest BCUT2D eigenvalue weighted by Crippen LogP contribution is 2.42. The molecular weight excluding hydrogens is 835 g/mol. The van der Waals surface area contributed by atoms with Gasteiger partial charge in [-0.05, 0) is 98.1 Å². The van der Waals surface area contributed by atoms with Crippen LogP contribution >= 0.6 is 11.5 Å². The fourth-order valence-corrected chi connectivity index (χ4v) is 10.2. The Balaban J connectivity index is 1.27. The number of rotatable bonds is 11. The average molecular weight is 897 g/mol. The van der Waals surface area contributed by atoms with Gasteiger partial charge in [0.05, 0.1) is 53.2 Å². The summed E-state index contributed by atoms with van der Waals surface area (Å²) in [6.45, 7) is 17.3. The summed E-state index contributed by atoms with van der Waals surface area (Å²) < 4.78 is 19.0. The van der Waals surface area contributed by atoms with E-state index in [0.717, 1.165) is 48.7 Å². The van der Waals surface area contributed by atoms with Crippen LogP contribution in [-0.4, -0.2) is 122 Å². The molecule has 0 saturated carbocycles. The van der Waals surface area contributed by atoms with E-state index in [1.54, 1.807) is 25.3 Å². The van der Waals surface area contributed by atoms with Gasteiger partial charge < -0.3 is 24.3 Å². The minimum Gasteiger partial charge on any atom is -0.464 e. The number of fused-ring (bicyclic) bond motifs is 6. The van der Waals surface area contributed by atoms with Gasteiger partial charge in [0.25, 0.3) is 11.9 Å². The molecule has 342 valence electrons. The number of amides is 3. The number of hydrazine groups is 2. The van der Waals surface area contributed by atoms with Gasteiger partial charge >= 0.3 is 5.97 Å². The maximum absolute atomic E-state index is 14.6. The van der Waals surface area contributed by atoms with Crippen molar-refractivity contribution in [2.45, 2.75) is 110 Å². The third-order valence-electron chi connectivity index (χ3n) is 12.8. The summed E-state index contributed by atoms with van der Waals surface area (Å²) in [5.74, 6) is -1.98. The number of cyclic esters (lactones) is 1. The van der Waals surface area contributed by atoms with E-state index in [1.165, 1.54) is 27.6 Å². The van der Waals surface area contributed by atoms with Gasteiger partial charge in [0.1, 0.15) is 17.0 Å². The molecule has 4 aromatic rings. The third-order valence-corrected chi connectivity index (χ3v) is 13.6. The zero-order valence-electron chi connectivity index (χ0n) is 38.3. The molecule has 0 unspecified atom stereocenters. The lowest BCUT2D eigenvalue weighted by molar-refractivity contribution is -0.732. The topological polar surface area (TPSA) is 171 Å². The lowest BCUT2D eigenvalue weighted by atomic mass is 9.84. The number of esters is 1. The molecule has 0 aliphatic carbocycles. The number of hydrogen-bond acceptors (Lipinski definition) is 11. The molecule has 5 atom stereocenters. The fourth-order valence-electron chi connectivity index (χ4n) is 9.39. The van der Waals surface area contributed by atoms with Crippen LogP contribution in [0.2, 0.25) is 0 Å². The van der Waals surface area contributed by atoms with E-state index < -0.39 is 47.4 Å². The largest absolute Gasteiger partial charge is 0.464 e. The quantitative estimate of drug-likeness (QED) is 0.0827. The minimum atomic E-state index is -1.09. The average Bonchev–Trinajstić information content (AvgIpc) is 4.05. The van der Waals surface area contributed by atoms with E-state index in [-0.39, 0.29) is 37.5 Å². The van der Waals surface area contributed by atoms with Gasteiger partial charge in [-0.3, -0.25) is 29.2 Å². The summed E-state index contributed by atoms with van der Waals surface area (Å²) in [6, 6.07) is 9.04. The van der Waals surface area contributed by atoms with E-state index >= 15 is 0 Å². The number of carbonyl (C=O) groups is 4. The van der Waals surface area contributed by atoms with Crippen LogP contribution in [0.15, 0.2) is 55.3 Å². The zero-order chi connectivity index (χ0) is 46.0. The van der Waals surface area contributed by atoms with Crippen molar-refractivity contribution < 1.29 is 33.5 Å². The van der Waals surface area contributed by atoms with Crippen LogP contribution < -0.4 is 10.7 Å². The summed E-state index contributed by atoms with van der Waals surface area (Å²) in [5, 5.41) is 6.83. The number of aryl methyl sites for hydroxylation is 1. The Hall–Kier alpha value is -5.52. The number of aromatic nitrogens is 3. The first-order chi connectivity index (χ1) is 30.5. The highest BCUT2D eigenvalue weighted by atomic mass is 32.1. The number of carbonyl (C=O) groups excluding carboxylic acids is 4. The molecule has 6 bridgehead atoms. The molecule has 64 heavy (non-hydrogen) atoms. The Labute approximate surface area is 379 Å². The van der Waals surface area contributed by atoms with Crippen molar-refractivity contribution >= 4 is 46.1 Å². The predicted molar refractivity (Wildman–Crippen MR) is 245 cm³/mol. The van der Waals surface area contributed by atoms with Crippen molar-refractivity contribution in [2.75, 3.05) is 40.4 Å². The van der Waals surface area contributed by atoms with Gasteiger partial charge in [0.15, 0.2) is 6.04 Å². The first kappa shape index (κ1) is 46.5. The van der Waals surface area contributed by atoms with E-state index in [2.05, 4.69) is 66.9 Å². The molecule has 17 heteroatoms. The van der Waals surface area contributed by atoms with Crippen LogP contribution in [-0.2, 0) is 48.0 Å². The molecular formula is C47H62N9O7S+. The molecule has 0 radical (unpaired) electrons. The highest BCUT2D eigenvalue weighted by Gasteiger charge is 2.44. The number of likely N-dealkylation sites (tertiary alicyclic amines) is 1. The minimum absolute atomic E-state index is 0.0603. The summed E-state index contributed by atoms with van der Waals surface area (Å²) in [6.07, 6.45) is 4.84. The molecule has 6 heterocycles. The molecule has 2 fully saturated rings. The molecule has 3 aromatic heterocycles. The second-order valence-electron chi connectivity index (χ2n) is 18.3. The molecule has 2 saturated heterocycles. The van der Waals surface area contributed by atoms with Gasteiger partial charge in [-0.15, -0.1) is 5.01 Å². The Kier molecular flexibility index (Phi) is 14.0. The van der Waals surface area contributed by atoms with Crippen molar-refractivity contribution in [1.82, 2.24) is 39.6 Å². The van der Waals surface area contributed by atoms with E-state index in [0.29, 0.717) is 51.0 Å². The first-order valence-electron chi connectivity index (χ1n) is 22.3. The van der Waals surface area contributed by atoms with Crippen molar-refractivity contribution in [3.05, 3.63) is 77.1 Å². The zero-order valence-corrected chi connectivity index (χ0v) is 39.1. The maximum Gasteiger partial charge on any atom is 0.324 e. The number of hydrogen-bond donors (Lipinski definition) is 2. The Morgan fingerprint density at radius 3 is 2.67 bits per heavy atom. The standard InChI is InChI=1S/C47H61N9O7S/c1-10-40(57)53-21-18-32(26-53)56(61)52(8)42(28(3)4)44(58)49-37-23-31-24-39(64-51-31)30-16-17-38-34(22-30)35(43(54(38)11-2)33-14-12-19-48-41(33)29(5)62-9)25-47(6,7)27-63-46(60)36-15-13-20-55(50-36)45(37)59/h10,12,14,16-17,19,22,24,28-29,32,36-37,42,50H,1,11,13,15,18,20-21,23,25-27H2,2-9H3/p+1/t29-,32-,36-,37-,42-/m0/s1. The fraction of sp³-hybridized carbons (Fsp3) is 0.532. The second-order valence-corrected chi connectivity index (χ2v) is 19.1. The van der Waals surface area contributed by atoms with Crippen LogP contribution in [0.1, 0.15) is 83.9 Å². The van der Waals surface area contributed by atoms with Crippen LogP contribution in [0.25, 0.3) is 32.6 Å².